The first kappa shape index (κ1) is 19.9. The van der Waals surface area contributed by atoms with Crippen LogP contribution in [0, 0.1) is 0 Å². The molecule has 30 heavy (non-hydrogen) atoms. The maximum atomic E-state index is 12.5. The molecule has 1 aliphatic rings. The molecule has 1 atom stereocenters. The topological polar surface area (TPSA) is 94.5 Å². The fraction of sp³-hybridized carbons (Fsp3) is 0.318. The molecule has 0 saturated carbocycles. The molecule has 1 aromatic heterocycles. The minimum absolute atomic E-state index is 0.105. The van der Waals surface area contributed by atoms with Crippen LogP contribution in [0.1, 0.15) is 29.0 Å². The van der Waals surface area contributed by atoms with E-state index in [1.54, 1.807) is 31.4 Å². The lowest BCUT2D eigenvalue weighted by atomic mass is 10.2. The number of hydrogen-bond donors (Lipinski definition) is 2. The molecule has 2 N–H and O–H groups in total. The van der Waals surface area contributed by atoms with Gasteiger partial charge in [-0.15, -0.1) is 0 Å². The van der Waals surface area contributed by atoms with Crippen molar-refractivity contribution < 1.29 is 19.1 Å². The maximum absolute atomic E-state index is 12.5. The highest BCUT2D eigenvalue weighted by Crippen LogP contribution is 2.21. The van der Waals surface area contributed by atoms with Gasteiger partial charge in [-0.3, -0.25) is 9.59 Å². The van der Waals surface area contributed by atoms with Crippen molar-refractivity contribution in [2.24, 2.45) is 7.05 Å². The fourth-order valence-electron chi connectivity index (χ4n) is 3.50. The standard InChI is InChI=1S/C22H24N4O4/c1-26-18-10-7-15(24-21(27)14-5-8-16(29-2)9-6-14)12-17(18)25-20(26)13-23-22(28)19-4-3-11-30-19/h5-10,12,19H,3-4,11,13H2,1-2H3,(H,23,28)(H,24,27)/t19-/m0/s1. The second-order valence-electron chi connectivity index (χ2n) is 7.19. The van der Waals surface area contributed by atoms with Crippen LogP contribution in [-0.2, 0) is 23.1 Å². The summed E-state index contributed by atoms with van der Waals surface area (Å²) in [5, 5.41) is 5.78. The first-order valence-electron chi connectivity index (χ1n) is 9.85. The third kappa shape index (κ3) is 4.13. The number of imidazole rings is 1. The van der Waals surface area contributed by atoms with E-state index < -0.39 is 0 Å². The zero-order chi connectivity index (χ0) is 21.1. The Morgan fingerprint density at radius 3 is 2.73 bits per heavy atom. The number of amides is 2. The minimum Gasteiger partial charge on any atom is -0.497 e. The second kappa shape index (κ2) is 8.54. The Bertz CT molecular complexity index is 1070. The van der Waals surface area contributed by atoms with Gasteiger partial charge < -0.3 is 24.7 Å². The van der Waals surface area contributed by atoms with Crippen molar-refractivity contribution in [3.8, 4) is 5.75 Å². The van der Waals surface area contributed by atoms with Gasteiger partial charge in [-0.05, 0) is 55.3 Å². The molecule has 1 aliphatic heterocycles. The summed E-state index contributed by atoms with van der Waals surface area (Å²) in [7, 11) is 3.48. The molecule has 8 heteroatoms. The molecule has 0 radical (unpaired) electrons. The average molecular weight is 408 g/mol. The zero-order valence-electron chi connectivity index (χ0n) is 17.0. The van der Waals surface area contributed by atoms with E-state index in [0.29, 0.717) is 30.2 Å². The average Bonchev–Trinajstić information content (AvgIpc) is 3.41. The maximum Gasteiger partial charge on any atom is 0.255 e. The van der Waals surface area contributed by atoms with Gasteiger partial charge in [0.2, 0.25) is 5.91 Å². The molecule has 1 fully saturated rings. The van der Waals surface area contributed by atoms with E-state index in [1.165, 1.54) is 0 Å². The van der Waals surface area contributed by atoms with Gasteiger partial charge in [0.15, 0.2) is 0 Å². The molecular weight excluding hydrogens is 384 g/mol. The molecule has 1 saturated heterocycles. The van der Waals surface area contributed by atoms with Crippen molar-refractivity contribution in [2.45, 2.75) is 25.5 Å². The van der Waals surface area contributed by atoms with Crippen LogP contribution in [0.25, 0.3) is 11.0 Å². The molecule has 0 unspecified atom stereocenters. The lowest BCUT2D eigenvalue weighted by Gasteiger charge is -2.10. The second-order valence-corrected chi connectivity index (χ2v) is 7.19. The number of fused-ring (bicyclic) bond motifs is 1. The van der Waals surface area contributed by atoms with Crippen LogP contribution in [-0.4, -0.2) is 41.2 Å². The highest BCUT2D eigenvalue weighted by molar-refractivity contribution is 6.05. The Labute approximate surface area is 174 Å². The van der Waals surface area contributed by atoms with Crippen LogP contribution in [0.4, 0.5) is 5.69 Å². The highest BCUT2D eigenvalue weighted by atomic mass is 16.5. The van der Waals surface area contributed by atoms with E-state index in [2.05, 4.69) is 15.6 Å². The molecule has 156 valence electrons. The number of benzene rings is 2. The predicted octanol–water partition coefficient (Wildman–Crippen LogP) is 2.63. The molecule has 0 spiro atoms. The number of rotatable bonds is 6. The van der Waals surface area contributed by atoms with Crippen molar-refractivity contribution in [2.75, 3.05) is 19.0 Å². The zero-order valence-corrected chi connectivity index (χ0v) is 17.0. The Balaban J connectivity index is 1.45. The molecule has 0 bridgehead atoms. The van der Waals surface area contributed by atoms with Gasteiger partial charge in [-0.25, -0.2) is 4.98 Å². The Morgan fingerprint density at radius 2 is 2.03 bits per heavy atom. The summed E-state index contributed by atoms with van der Waals surface area (Å²) in [6, 6.07) is 12.5. The lowest BCUT2D eigenvalue weighted by molar-refractivity contribution is -0.130. The van der Waals surface area contributed by atoms with E-state index in [9.17, 15) is 9.59 Å². The number of methoxy groups -OCH3 is 1. The molecule has 0 aliphatic carbocycles. The number of nitrogens with one attached hydrogen (secondary N) is 2. The van der Waals surface area contributed by atoms with Crippen molar-refractivity contribution in [3.63, 3.8) is 0 Å². The van der Waals surface area contributed by atoms with Crippen LogP contribution in [0.15, 0.2) is 42.5 Å². The Kier molecular flexibility index (Phi) is 5.67. The number of anilines is 1. The highest BCUT2D eigenvalue weighted by Gasteiger charge is 2.23. The summed E-state index contributed by atoms with van der Waals surface area (Å²) in [5.41, 5.74) is 2.84. The van der Waals surface area contributed by atoms with Crippen molar-refractivity contribution in [3.05, 3.63) is 53.9 Å². The molecule has 2 aromatic carbocycles. The number of nitrogens with zero attached hydrogens (tertiary/aromatic N) is 2. The minimum atomic E-state index is -0.362. The van der Waals surface area contributed by atoms with Gasteiger partial charge in [0.25, 0.3) is 5.91 Å². The predicted molar refractivity (Wildman–Crippen MR) is 112 cm³/mol. The first-order valence-corrected chi connectivity index (χ1v) is 9.85. The summed E-state index contributed by atoms with van der Waals surface area (Å²) >= 11 is 0. The van der Waals surface area contributed by atoms with Gasteiger partial charge in [0.05, 0.1) is 24.7 Å². The summed E-state index contributed by atoms with van der Waals surface area (Å²) in [6.07, 6.45) is 1.31. The summed E-state index contributed by atoms with van der Waals surface area (Å²) in [6.45, 7) is 0.951. The molecular formula is C22H24N4O4. The van der Waals surface area contributed by atoms with E-state index >= 15 is 0 Å². The van der Waals surface area contributed by atoms with Gasteiger partial charge in [0, 0.05) is 24.9 Å². The van der Waals surface area contributed by atoms with E-state index in [1.807, 2.05) is 29.8 Å². The lowest BCUT2D eigenvalue weighted by Crippen LogP contribution is -2.34. The number of ether oxygens (including phenoxy) is 2. The third-order valence-corrected chi connectivity index (χ3v) is 5.23. The molecule has 4 rings (SSSR count). The SMILES string of the molecule is COc1ccc(C(=O)Nc2ccc3c(c2)nc(CNC(=O)[C@@H]2CCCO2)n3C)cc1. The van der Waals surface area contributed by atoms with Crippen LogP contribution in [0.3, 0.4) is 0 Å². The van der Waals surface area contributed by atoms with Crippen molar-refractivity contribution in [1.29, 1.82) is 0 Å². The van der Waals surface area contributed by atoms with Crippen LogP contribution < -0.4 is 15.4 Å². The third-order valence-electron chi connectivity index (χ3n) is 5.23. The number of carbonyl (C=O) groups is 2. The van der Waals surface area contributed by atoms with Gasteiger partial charge in [0.1, 0.15) is 17.7 Å². The Morgan fingerprint density at radius 1 is 1.23 bits per heavy atom. The summed E-state index contributed by atoms with van der Waals surface area (Å²) in [5.74, 6) is 1.11. The van der Waals surface area contributed by atoms with Gasteiger partial charge in [-0.2, -0.15) is 0 Å². The summed E-state index contributed by atoms with van der Waals surface area (Å²) in [4.78, 5) is 29.3. The normalized spacial score (nSPS) is 15.9. The molecule has 3 aromatic rings. The number of hydrogen-bond acceptors (Lipinski definition) is 5. The largest absolute Gasteiger partial charge is 0.497 e. The van der Waals surface area contributed by atoms with Crippen LogP contribution in [0.2, 0.25) is 0 Å². The van der Waals surface area contributed by atoms with Gasteiger partial charge in [-0.1, -0.05) is 0 Å². The van der Waals surface area contributed by atoms with Crippen molar-refractivity contribution in [1.82, 2.24) is 14.9 Å². The molecule has 8 nitrogen and oxygen atoms in total. The molecule has 2 amide bonds. The van der Waals surface area contributed by atoms with Crippen LogP contribution >= 0.6 is 0 Å². The van der Waals surface area contributed by atoms with E-state index in [4.69, 9.17) is 9.47 Å². The van der Waals surface area contributed by atoms with Gasteiger partial charge >= 0.3 is 0 Å². The number of aromatic nitrogens is 2. The number of aryl methyl sites for hydroxylation is 1. The van der Waals surface area contributed by atoms with Crippen molar-refractivity contribution >= 4 is 28.5 Å². The van der Waals surface area contributed by atoms with E-state index in [0.717, 1.165) is 29.7 Å². The van der Waals surface area contributed by atoms with E-state index in [-0.39, 0.29) is 17.9 Å². The number of carbonyl (C=O) groups excluding carboxylic acids is 2. The first-order chi connectivity index (χ1) is 14.5. The summed E-state index contributed by atoms with van der Waals surface area (Å²) < 4.78 is 12.5. The Hall–Kier alpha value is -3.39. The molecule has 2 heterocycles. The fourth-order valence-corrected chi connectivity index (χ4v) is 3.50. The smallest absolute Gasteiger partial charge is 0.255 e. The quantitative estimate of drug-likeness (QED) is 0.654. The van der Waals surface area contributed by atoms with Crippen LogP contribution in [0.5, 0.6) is 5.75 Å². The monoisotopic (exact) mass is 408 g/mol.